The Hall–Kier alpha value is -0.930. The van der Waals surface area contributed by atoms with Gasteiger partial charge in [-0.05, 0) is 72.1 Å². The van der Waals surface area contributed by atoms with Gasteiger partial charge in [-0.2, -0.15) is 0 Å². The number of rotatable bonds is 1. The van der Waals surface area contributed by atoms with Crippen molar-refractivity contribution in [1.82, 2.24) is 0 Å². The van der Waals surface area contributed by atoms with Gasteiger partial charge in [0, 0.05) is 0 Å². The second-order valence-electron chi connectivity index (χ2n) is 3.73. The van der Waals surface area contributed by atoms with Crippen LogP contribution in [0.1, 0.15) is 10.4 Å². The summed E-state index contributed by atoms with van der Waals surface area (Å²) in [7, 11) is 0. The number of halogens is 7. The summed E-state index contributed by atoms with van der Waals surface area (Å²) in [5, 5.41) is 8.36. The van der Waals surface area contributed by atoms with Crippen molar-refractivity contribution in [3.63, 3.8) is 0 Å². The van der Waals surface area contributed by atoms with E-state index in [1.807, 2.05) is 0 Å². The number of carboxylic acid groups (broad SMARTS) is 1. The van der Waals surface area contributed by atoms with Crippen molar-refractivity contribution in [2.24, 2.45) is 0 Å². The van der Waals surface area contributed by atoms with E-state index in [1.165, 1.54) is 0 Å². The van der Waals surface area contributed by atoms with Gasteiger partial charge in [-0.3, -0.25) is 0 Å². The van der Waals surface area contributed by atoms with E-state index < -0.39 is 34.8 Å². The summed E-state index contributed by atoms with van der Waals surface area (Å²) >= 11 is 8.41. The molecule has 1 N–H and O–H groups in total. The molecule has 2 nitrogen and oxygen atoms in total. The summed E-state index contributed by atoms with van der Waals surface area (Å²) in [6, 6.07) is 3.54. The molecule has 0 aromatic heterocycles. The number of benzene rings is 2. The van der Waals surface area contributed by atoms with E-state index in [1.54, 1.807) is 0 Å². The molecule has 0 amide bonds. The molecule has 0 heterocycles. The second kappa shape index (κ2) is 8.07. The van der Waals surface area contributed by atoms with Gasteiger partial charge < -0.3 is 5.11 Å². The van der Waals surface area contributed by atoms with Crippen molar-refractivity contribution < 1.29 is 27.5 Å². The molecule has 0 aliphatic carbocycles. The summed E-state index contributed by atoms with van der Waals surface area (Å²) in [6.07, 6.45) is 0. The quantitative estimate of drug-likeness (QED) is 0.384. The Labute approximate surface area is 147 Å². The van der Waals surface area contributed by atoms with Crippen LogP contribution in [0.15, 0.2) is 37.7 Å². The largest absolute Gasteiger partial charge is 0.478 e. The monoisotopic (exact) mass is 506 g/mol. The maximum absolute atomic E-state index is 12.7. The normalized spacial score (nSPS) is 9.95. The van der Waals surface area contributed by atoms with Crippen LogP contribution in [0.2, 0.25) is 0 Å². The highest BCUT2D eigenvalue weighted by Gasteiger charge is 2.13. The topological polar surface area (TPSA) is 37.3 Å². The molecule has 0 bridgehead atoms. The van der Waals surface area contributed by atoms with E-state index in [0.29, 0.717) is 6.07 Å². The molecule has 2 aromatic rings. The smallest absolute Gasteiger partial charge is 0.338 e. The average molecular weight is 509 g/mol. The van der Waals surface area contributed by atoms with E-state index >= 15 is 0 Å². The molecule has 0 saturated carbocycles. The van der Waals surface area contributed by atoms with Crippen molar-refractivity contribution in [3.8, 4) is 0 Å². The maximum Gasteiger partial charge on any atom is 0.338 e. The van der Waals surface area contributed by atoms with E-state index in [-0.39, 0.29) is 13.4 Å². The molecule has 0 aliphatic rings. The van der Waals surface area contributed by atoms with E-state index in [0.717, 1.165) is 18.2 Å². The summed E-state index contributed by atoms with van der Waals surface area (Å²) < 4.78 is 50.6. The molecule has 22 heavy (non-hydrogen) atoms. The fourth-order valence-electron chi connectivity index (χ4n) is 1.18. The minimum absolute atomic E-state index is 0.0926. The number of hydrogen-bond acceptors (Lipinski definition) is 1. The molecule has 0 spiro atoms. The zero-order valence-corrected chi connectivity index (χ0v) is 15.1. The molecule has 9 heteroatoms. The van der Waals surface area contributed by atoms with Gasteiger partial charge in [-0.15, -0.1) is 0 Å². The van der Waals surface area contributed by atoms with Crippen molar-refractivity contribution in [1.29, 1.82) is 0 Å². The number of carbonyl (C=O) groups is 1. The third kappa shape index (κ3) is 5.06. The van der Waals surface area contributed by atoms with Crippen molar-refractivity contribution in [2.45, 2.75) is 0 Å². The number of hydrogen-bond donors (Lipinski definition) is 1. The molecule has 0 atom stereocenters. The second-order valence-corrected chi connectivity index (χ2v) is 6.29. The van der Waals surface area contributed by atoms with Gasteiger partial charge in [0.1, 0.15) is 23.3 Å². The molecule has 0 radical (unpaired) electrons. The minimum Gasteiger partial charge on any atom is -0.478 e. The Balaban J connectivity index is 0.000000224. The lowest BCUT2D eigenvalue weighted by atomic mass is 10.2. The molecule has 0 saturated heterocycles. The van der Waals surface area contributed by atoms with Crippen LogP contribution < -0.4 is 0 Å². The summed E-state index contributed by atoms with van der Waals surface area (Å²) in [6.45, 7) is 0. The van der Waals surface area contributed by atoms with Crippen LogP contribution in [0.4, 0.5) is 17.6 Å². The van der Waals surface area contributed by atoms with Crippen LogP contribution in [0.3, 0.4) is 0 Å². The van der Waals surface area contributed by atoms with Crippen molar-refractivity contribution >= 4 is 53.8 Å². The zero-order valence-electron chi connectivity index (χ0n) is 10.3. The standard InChI is InChI=1S/C7H3BrF2O2.C6H2Br2F2/c8-4-2-5(9)3(7(11)12)1-6(4)10;7-3-1-5(9)4(8)2-6(3)10/h1-2H,(H,11,12);1-2H. The summed E-state index contributed by atoms with van der Waals surface area (Å²) in [5.74, 6) is -4.20. The molecule has 118 valence electrons. The number of carboxylic acids is 1. The lowest BCUT2D eigenvalue weighted by Gasteiger charge is -1.98. The number of aromatic carboxylic acids is 1. The van der Waals surface area contributed by atoms with E-state index in [9.17, 15) is 22.4 Å². The Morgan fingerprint density at radius 3 is 1.41 bits per heavy atom. The molecule has 0 aliphatic heterocycles. The van der Waals surface area contributed by atoms with Crippen molar-refractivity contribution in [2.75, 3.05) is 0 Å². The van der Waals surface area contributed by atoms with E-state index in [2.05, 4.69) is 47.8 Å². The Bertz CT molecular complexity index is 673. The van der Waals surface area contributed by atoms with Crippen LogP contribution in [-0.4, -0.2) is 11.1 Å². The maximum atomic E-state index is 12.7. The summed E-state index contributed by atoms with van der Waals surface area (Å²) in [4.78, 5) is 10.3. The molecule has 2 aromatic carbocycles. The van der Waals surface area contributed by atoms with Gasteiger partial charge in [0.05, 0.1) is 19.0 Å². The Kier molecular flexibility index (Phi) is 7.01. The lowest BCUT2D eigenvalue weighted by molar-refractivity contribution is 0.0691. The highest BCUT2D eigenvalue weighted by Crippen LogP contribution is 2.23. The van der Waals surface area contributed by atoms with Crippen molar-refractivity contribution in [3.05, 3.63) is 66.5 Å². The SMILES string of the molecule is Fc1cc(Br)c(F)cc1Br.O=C(O)c1cc(F)c(Br)cc1F. The zero-order chi connectivity index (χ0) is 17.0. The average Bonchev–Trinajstić information content (AvgIpc) is 2.41. The summed E-state index contributed by atoms with van der Waals surface area (Å²) in [5.41, 5.74) is -0.671. The molecule has 0 unspecified atom stereocenters. The van der Waals surface area contributed by atoms with Crippen LogP contribution in [0.5, 0.6) is 0 Å². The van der Waals surface area contributed by atoms with Gasteiger partial charge in [0.2, 0.25) is 0 Å². The Morgan fingerprint density at radius 2 is 1.05 bits per heavy atom. The molecule has 2 rings (SSSR count). The highest BCUT2D eigenvalue weighted by molar-refractivity contribution is 9.11. The third-order valence-electron chi connectivity index (χ3n) is 2.20. The predicted octanol–water partition coefficient (Wildman–Crippen LogP) is 5.92. The first-order chi connectivity index (χ1) is 10.1. The van der Waals surface area contributed by atoms with Crippen LogP contribution in [0.25, 0.3) is 0 Å². The Morgan fingerprint density at radius 1 is 0.727 bits per heavy atom. The van der Waals surface area contributed by atoms with Crippen LogP contribution >= 0.6 is 47.8 Å². The highest BCUT2D eigenvalue weighted by atomic mass is 79.9. The first kappa shape index (κ1) is 19.1. The molecule has 0 fully saturated rings. The molecular formula is C13H5Br3F4O2. The lowest BCUT2D eigenvalue weighted by Crippen LogP contribution is -2.01. The fraction of sp³-hybridized carbons (Fsp3) is 0. The first-order valence-electron chi connectivity index (χ1n) is 5.31. The molecular weight excluding hydrogens is 504 g/mol. The third-order valence-corrected chi connectivity index (χ3v) is 4.03. The minimum atomic E-state index is -1.49. The van der Waals surface area contributed by atoms with Crippen LogP contribution in [-0.2, 0) is 0 Å². The predicted molar refractivity (Wildman–Crippen MR) is 82.8 cm³/mol. The van der Waals surface area contributed by atoms with E-state index in [4.69, 9.17) is 5.11 Å². The van der Waals surface area contributed by atoms with Gasteiger partial charge in [-0.25, -0.2) is 22.4 Å². The van der Waals surface area contributed by atoms with Gasteiger partial charge in [0.15, 0.2) is 0 Å². The fourth-order valence-corrected chi connectivity index (χ4v) is 2.13. The first-order valence-corrected chi connectivity index (χ1v) is 7.69. The van der Waals surface area contributed by atoms with Gasteiger partial charge in [0.25, 0.3) is 0 Å². The van der Waals surface area contributed by atoms with Gasteiger partial charge in [-0.1, -0.05) is 0 Å². The van der Waals surface area contributed by atoms with Crippen LogP contribution in [0, 0.1) is 23.3 Å². The van der Waals surface area contributed by atoms with Gasteiger partial charge >= 0.3 is 5.97 Å².